The minimum Gasteiger partial charge on any atom is -0.334 e. The van der Waals surface area contributed by atoms with Crippen molar-refractivity contribution < 1.29 is 9.45 Å². The molecule has 0 unspecified atom stereocenters. The predicted molar refractivity (Wildman–Crippen MR) is 81.8 cm³/mol. The van der Waals surface area contributed by atoms with Crippen molar-refractivity contribution in [1.82, 2.24) is 10.1 Å². The van der Waals surface area contributed by atoms with E-state index in [1.165, 1.54) is 12.1 Å². The number of nitro groups is 1. The Morgan fingerprint density at radius 1 is 1.09 bits per heavy atom. The van der Waals surface area contributed by atoms with Crippen LogP contribution in [0.1, 0.15) is 0 Å². The van der Waals surface area contributed by atoms with Gasteiger partial charge in [-0.1, -0.05) is 40.5 Å². The van der Waals surface area contributed by atoms with Crippen molar-refractivity contribution >= 4 is 28.9 Å². The maximum absolute atomic E-state index is 10.9. The lowest BCUT2D eigenvalue weighted by molar-refractivity contribution is -0.384. The second kappa shape index (κ2) is 5.75. The Morgan fingerprint density at radius 3 is 2.64 bits per heavy atom. The number of aromatic nitrogens is 2. The molecule has 0 bridgehead atoms. The molecule has 0 fully saturated rings. The Morgan fingerprint density at radius 2 is 1.91 bits per heavy atom. The third-order valence-electron chi connectivity index (χ3n) is 2.90. The van der Waals surface area contributed by atoms with Crippen molar-refractivity contribution in [2.75, 3.05) is 0 Å². The lowest BCUT2D eigenvalue weighted by Crippen LogP contribution is -1.90. The number of rotatable bonds is 3. The fraction of sp³-hybridized carbons (Fsp3) is 0. The van der Waals surface area contributed by atoms with E-state index >= 15 is 0 Å². The van der Waals surface area contributed by atoms with Gasteiger partial charge in [-0.3, -0.25) is 10.1 Å². The zero-order valence-electron chi connectivity index (χ0n) is 10.9. The molecule has 110 valence electrons. The van der Waals surface area contributed by atoms with E-state index in [0.29, 0.717) is 22.0 Å². The molecule has 1 heterocycles. The Balaban J connectivity index is 2.01. The molecule has 0 N–H and O–H groups in total. The van der Waals surface area contributed by atoms with Crippen LogP contribution in [0.5, 0.6) is 0 Å². The number of nitro benzene ring substituents is 1. The topological polar surface area (TPSA) is 82.1 Å². The van der Waals surface area contributed by atoms with Crippen LogP contribution in [-0.4, -0.2) is 15.1 Å². The van der Waals surface area contributed by atoms with Crippen LogP contribution in [0.3, 0.4) is 0 Å². The molecule has 0 amide bonds. The first-order valence-electron chi connectivity index (χ1n) is 6.08. The van der Waals surface area contributed by atoms with Crippen molar-refractivity contribution in [2.24, 2.45) is 0 Å². The largest absolute Gasteiger partial charge is 0.334 e. The zero-order valence-corrected chi connectivity index (χ0v) is 12.4. The van der Waals surface area contributed by atoms with Gasteiger partial charge in [0.2, 0.25) is 5.82 Å². The maximum atomic E-state index is 10.9. The first-order chi connectivity index (χ1) is 10.5. The summed E-state index contributed by atoms with van der Waals surface area (Å²) in [5, 5.41) is 15.4. The van der Waals surface area contributed by atoms with E-state index < -0.39 is 4.92 Å². The highest BCUT2D eigenvalue weighted by Gasteiger charge is 2.17. The molecule has 6 nitrogen and oxygen atoms in total. The van der Waals surface area contributed by atoms with Gasteiger partial charge in [-0.05, 0) is 24.3 Å². The van der Waals surface area contributed by atoms with Crippen molar-refractivity contribution in [3.63, 3.8) is 0 Å². The van der Waals surface area contributed by atoms with Gasteiger partial charge in [0.05, 0.1) is 4.92 Å². The van der Waals surface area contributed by atoms with Gasteiger partial charge in [-0.2, -0.15) is 4.98 Å². The average Bonchev–Trinajstić information content (AvgIpc) is 2.97. The molecule has 0 saturated heterocycles. The Bertz CT molecular complexity index is 864. The molecule has 1 aromatic heterocycles. The van der Waals surface area contributed by atoms with E-state index in [0.717, 1.165) is 0 Å². The third-order valence-corrected chi connectivity index (χ3v) is 3.45. The number of nitrogens with zero attached hydrogens (tertiary/aromatic N) is 3. The lowest BCUT2D eigenvalue weighted by atomic mass is 10.2. The van der Waals surface area contributed by atoms with Gasteiger partial charge in [-0.15, -0.1) is 0 Å². The zero-order chi connectivity index (χ0) is 15.7. The van der Waals surface area contributed by atoms with Crippen molar-refractivity contribution in [3.8, 4) is 22.8 Å². The molecule has 3 rings (SSSR count). The average molecular weight is 336 g/mol. The van der Waals surface area contributed by atoms with Gasteiger partial charge in [0.15, 0.2) is 0 Å². The normalized spacial score (nSPS) is 10.6. The summed E-state index contributed by atoms with van der Waals surface area (Å²) in [4.78, 5) is 14.6. The molecule has 0 atom stereocenters. The summed E-state index contributed by atoms with van der Waals surface area (Å²) in [6.07, 6.45) is 0. The predicted octanol–water partition coefficient (Wildman–Crippen LogP) is 4.62. The van der Waals surface area contributed by atoms with Crippen LogP contribution in [0.15, 0.2) is 47.0 Å². The Hall–Kier alpha value is -2.44. The molecule has 0 radical (unpaired) electrons. The van der Waals surface area contributed by atoms with Crippen LogP contribution in [0.2, 0.25) is 10.0 Å². The van der Waals surface area contributed by atoms with E-state index in [1.807, 2.05) is 0 Å². The number of hydrogen-bond acceptors (Lipinski definition) is 5. The molecule has 0 spiro atoms. The van der Waals surface area contributed by atoms with Gasteiger partial charge >= 0.3 is 0 Å². The van der Waals surface area contributed by atoms with E-state index in [2.05, 4.69) is 10.1 Å². The Labute approximate surface area is 134 Å². The summed E-state index contributed by atoms with van der Waals surface area (Å²) in [5.74, 6) is 0.504. The van der Waals surface area contributed by atoms with Crippen LogP contribution in [0.25, 0.3) is 22.8 Å². The first-order valence-corrected chi connectivity index (χ1v) is 6.84. The molecule has 0 saturated carbocycles. The van der Waals surface area contributed by atoms with Crippen LogP contribution >= 0.6 is 23.2 Å². The molecular weight excluding hydrogens is 329 g/mol. The fourth-order valence-electron chi connectivity index (χ4n) is 1.87. The summed E-state index contributed by atoms with van der Waals surface area (Å²) in [6, 6.07) is 11.3. The molecule has 2 aromatic carbocycles. The molecule has 0 aliphatic carbocycles. The number of halogens is 2. The van der Waals surface area contributed by atoms with Gasteiger partial charge < -0.3 is 4.52 Å². The maximum Gasteiger partial charge on any atom is 0.288 e. The van der Waals surface area contributed by atoms with E-state index in [1.54, 1.807) is 30.3 Å². The SMILES string of the molecule is O=[N+]([O-])c1cc(-c2nc(-c3cccc(Cl)c3)no2)ccc1Cl. The third kappa shape index (κ3) is 2.79. The number of hydrogen-bond donors (Lipinski definition) is 0. The highest BCUT2D eigenvalue weighted by molar-refractivity contribution is 6.32. The van der Waals surface area contributed by atoms with Crippen LogP contribution in [0.4, 0.5) is 5.69 Å². The van der Waals surface area contributed by atoms with Gasteiger partial charge in [0.25, 0.3) is 11.6 Å². The minimum absolute atomic E-state index is 0.0447. The van der Waals surface area contributed by atoms with Crippen molar-refractivity contribution in [3.05, 3.63) is 62.6 Å². The summed E-state index contributed by atoms with van der Waals surface area (Å²) in [5.41, 5.74) is 0.879. The highest BCUT2D eigenvalue weighted by atomic mass is 35.5. The molecule has 8 heteroatoms. The standard InChI is InChI=1S/C14H7Cl2N3O3/c15-10-3-1-2-8(6-10)13-17-14(22-18-13)9-4-5-11(16)12(7-9)19(20)21/h1-7H. The van der Waals surface area contributed by atoms with E-state index in [4.69, 9.17) is 27.7 Å². The van der Waals surface area contributed by atoms with Gasteiger partial charge in [0.1, 0.15) is 5.02 Å². The van der Waals surface area contributed by atoms with Crippen LogP contribution < -0.4 is 0 Å². The molecule has 3 aromatic rings. The van der Waals surface area contributed by atoms with Gasteiger partial charge in [-0.25, -0.2) is 0 Å². The Kier molecular flexibility index (Phi) is 3.79. The number of benzene rings is 2. The summed E-state index contributed by atoms with van der Waals surface area (Å²) in [7, 11) is 0. The second-order valence-electron chi connectivity index (χ2n) is 4.36. The molecule has 0 aliphatic heterocycles. The molecular formula is C14H7Cl2N3O3. The van der Waals surface area contributed by atoms with E-state index in [9.17, 15) is 10.1 Å². The summed E-state index contributed by atoms with van der Waals surface area (Å²) in [6.45, 7) is 0. The highest BCUT2D eigenvalue weighted by Crippen LogP contribution is 2.30. The summed E-state index contributed by atoms with van der Waals surface area (Å²) < 4.78 is 5.15. The smallest absolute Gasteiger partial charge is 0.288 e. The fourth-order valence-corrected chi connectivity index (χ4v) is 2.25. The van der Waals surface area contributed by atoms with Gasteiger partial charge in [0, 0.05) is 22.2 Å². The van der Waals surface area contributed by atoms with E-state index in [-0.39, 0.29) is 16.6 Å². The molecule has 0 aliphatic rings. The van der Waals surface area contributed by atoms with Crippen LogP contribution in [0, 0.1) is 10.1 Å². The molecule has 22 heavy (non-hydrogen) atoms. The minimum atomic E-state index is -0.569. The van der Waals surface area contributed by atoms with Crippen molar-refractivity contribution in [1.29, 1.82) is 0 Å². The monoisotopic (exact) mass is 335 g/mol. The lowest BCUT2D eigenvalue weighted by Gasteiger charge is -1.97. The van der Waals surface area contributed by atoms with Crippen molar-refractivity contribution in [2.45, 2.75) is 0 Å². The summed E-state index contributed by atoms with van der Waals surface area (Å²) >= 11 is 11.7. The second-order valence-corrected chi connectivity index (χ2v) is 5.20. The first kappa shape index (κ1) is 14.5. The quantitative estimate of drug-likeness (QED) is 0.515. The van der Waals surface area contributed by atoms with Crippen LogP contribution in [-0.2, 0) is 0 Å².